The molecule has 0 radical (unpaired) electrons. The van der Waals surface area contributed by atoms with Crippen LogP contribution in [0.15, 0.2) is 83.3 Å². The lowest BCUT2D eigenvalue weighted by molar-refractivity contribution is 0.474. The number of aromatic nitrogens is 1. The predicted octanol–water partition coefficient (Wildman–Crippen LogP) is 5.65. The molecule has 28 heavy (non-hydrogen) atoms. The predicted molar refractivity (Wildman–Crippen MR) is 110 cm³/mol. The Bertz CT molecular complexity index is 1290. The topological polar surface area (TPSA) is 66.5 Å². The lowest BCUT2D eigenvalue weighted by Gasteiger charge is -2.08. The van der Waals surface area contributed by atoms with Gasteiger partial charge in [0.1, 0.15) is 17.1 Å². The molecule has 3 aromatic carbocycles. The van der Waals surface area contributed by atoms with Crippen molar-refractivity contribution < 1.29 is 14.6 Å². The fourth-order valence-corrected chi connectivity index (χ4v) is 3.57. The van der Waals surface area contributed by atoms with Crippen LogP contribution in [0.5, 0.6) is 11.5 Å². The minimum absolute atomic E-state index is 0.164. The lowest BCUT2D eigenvalue weighted by atomic mass is 9.98. The molecule has 0 spiro atoms. The fourth-order valence-electron chi connectivity index (χ4n) is 3.57. The van der Waals surface area contributed by atoms with Gasteiger partial charge in [-0.05, 0) is 47.0 Å². The summed E-state index contributed by atoms with van der Waals surface area (Å²) in [5.41, 5.74) is 5.22. The summed E-state index contributed by atoms with van der Waals surface area (Å²) in [5, 5.41) is 21.2. The Morgan fingerprint density at radius 2 is 1.54 bits per heavy atom. The molecule has 0 aliphatic heterocycles. The molecule has 0 aliphatic carbocycles. The van der Waals surface area contributed by atoms with Crippen molar-refractivity contribution in [3.63, 3.8) is 0 Å². The summed E-state index contributed by atoms with van der Waals surface area (Å²) in [5.74, 6) is 0.409. The van der Waals surface area contributed by atoms with Crippen LogP contribution in [-0.2, 0) is 6.42 Å². The molecule has 0 bridgehead atoms. The van der Waals surface area contributed by atoms with Crippen molar-refractivity contribution in [1.29, 1.82) is 0 Å². The van der Waals surface area contributed by atoms with Gasteiger partial charge in [-0.15, -0.1) is 0 Å². The second-order valence-electron chi connectivity index (χ2n) is 6.83. The number of fused-ring (bicyclic) bond motifs is 3. The third kappa shape index (κ3) is 2.85. The van der Waals surface area contributed by atoms with Crippen LogP contribution in [0.4, 0.5) is 0 Å². The number of phenolic OH excluding ortho intramolecular Hbond substituents is 2. The molecule has 0 atom stereocenters. The van der Waals surface area contributed by atoms with Gasteiger partial charge < -0.3 is 14.6 Å². The molecule has 0 saturated heterocycles. The standard InChI is InChI=1S/C24H17NO3/c26-18-8-6-15(7-9-18)12-17-13-21(16-4-2-1-3-5-16)23-20-11-10-19(27)14-22(20)28-24(23)25-17/h1-11,13-14,26-27H,12H2. The van der Waals surface area contributed by atoms with Gasteiger partial charge in [0.15, 0.2) is 0 Å². The van der Waals surface area contributed by atoms with Crippen LogP contribution in [0.25, 0.3) is 33.2 Å². The average molecular weight is 367 g/mol. The third-order valence-electron chi connectivity index (χ3n) is 4.89. The van der Waals surface area contributed by atoms with E-state index in [4.69, 9.17) is 9.40 Å². The van der Waals surface area contributed by atoms with Gasteiger partial charge in [-0.25, -0.2) is 4.98 Å². The van der Waals surface area contributed by atoms with Crippen LogP contribution in [0.2, 0.25) is 0 Å². The van der Waals surface area contributed by atoms with Crippen LogP contribution in [-0.4, -0.2) is 15.2 Å². The zero-order chi connectivity index (χ0) is 19.1. The maximum atomic E-state index is 9.81. The monoisotopic (exact) mass is 367 g/mol. The highest BCUT2D eigenvalue weighted by Gasteiger charge is 2.16. The zero-order valence-electron chi connectivity index (χ0n) is 15.0. The Hall–Kier alpha value is -3.79. The maximum Gasteiger partial charge on any atom is 0.228 e. The Balaban J connectivity index is 1.74. The highest BCUT2D eigenvalue weighted by Crippen LogP contribution is 2.37. The van der Waals surface area contributed by atoms with Crippen molar-refractivity contribution in [3.05, 3.63) is 90.1 Å². The highest BCUT2D eigenvalue weighted by atomic mass is 16.3. The van der Waals surface area contributed by atoms with Gasteiger partial charge in [0.25, 0.3) is 0 Å². The summed E-state index contributed by atoms with van der Waals surface area (Å²) >= 11 is 0. The first-order chi connectivity index (χ1) is 13.7. The molecule has 136 valence electrons. The summed E-state index contributed by atoms with van der Waals surface area (Å²) in [6, 6.07) is 24.5. The quantitative estimate of drug-likeness (QED) is 0.432. The molecule has 0 saturated carbocycles. The summed E-state index contributed by atoms with van der Waals surface area (Å²) in [7, 11) is 0. The Morgan fingerprint density at radius 3 is 2.32 bits per heavy atom. The number of hydrogen-bond donors (Lipinski definition) is 2. The molecule has 0 unspecified atom stereocenters. The molecule has 4 nitrogen and oxygen atoms in total. The number of nitrogens with zero attached hydrogens (tertiary/aromatic N) is 1. The molecule has 5 aromatic rings. The zero-order valence-corrected chi connectivity index (χ0v) is 15.0. The molecule has 2 heterocycles. The first-order valence-corrected chi connectivity index (χ1v) is 9.06. The molecule has 5 rings (SSSR count). The van der Waals surface area contributed by atoms with Gasteiger partial charge >= 0.3 is 0 Å². The van der Waals surface area contributed by atoms with Gasteiger partial charge in [-0.2, -0.15) is 0 Å². The van der Waals surface area contributed by atoms with Crippen molar-refractivity contribution >= 4 is 22.1 Å². The van der Waals surface area contributed by atoms with Crippen molar-refractivity contribution in [2.24, 2.45) is 0 Å². The largest absolute Gasteiger partial charge is 0.508 e. The lowest BCUT2D eigenvalue weighted by Crippen LogP contribution is -1.94. The Labute approximate surface area is 161 Å². The van der Waals surface area contributed by atoms with Crippen LogP contribution in [0.3, 0.4) is 0 Å². The van der Waals surface area contributed by atoms with Crippen molar-refractivity contribution in [2.45, 2.75) is 6.42 Å². The molecule has 0 aliphatic rings. The van der Waals surface area contributed by atoms with Gasteiger partial charge in [-0.3, -0.25) is 0 Å². The number of aromatic hydroxyl groups is 2. The van der Waals surface area contributed by atoms with Crippen LogP contribution in [0.1, 0.15) is 11.3 Å². The van der Waals surface area contributed by atoms with Crippen molar-refractivity contribution in [2.75, 3.05) is 0 Å². The number of hydrogen-bond acceptors (Lipinski definition) is 4. The third-order valence-corrected chi connectivity index (χ3v) is 4.89. The molecule has 4 heteroatoms. The summed E-state index contributed by atoms with van der Waals surface area (Å²) in [4.78, 5) is 4.74. The number of rotatable bonds is 3. The smallest absolute Gasteiger partial charge is 0.228 e. The van der Waals surface area contributed by atoms with Gasteiger partial charge in [-0.1, -0.05) is 42.5 Å². The van der Waals surface area contributed by atoms with E-state index in [1.165, 1.54) is 0 Å². The van der Waals surface area contributed by atoms with Crippen molar-refractivity contribution in [3.8, 4) is 22.6 Å². The summed E-state index contributed by atoms with van der Waals surface area (Å²) in [6.45, 7) is 0. The van der Waals surface area contributed by atoms with E-state index in [-0.39, 0.29) is 11.5 Å². The maximum absolute atomic E-state index is 9.81. The first kappa shape index (κ1) is 16.4. The normalized spacial score (nSPS) is 11.3. The molecule has 0 fully saturated rings. The molecule has 2 aromatic heterocycles. The average Bonchev–Trinajstić information content (AvgIpc) is 3.07. The van der Waals surface area contributed by atoms with Gasteiger partial charge in [0.05, 0.1) is 5.39 Å². The van der Waals surface area contributed by atoms with Crippen LogP contribution in [0, 0.1) is 0 Å². The fraction of sp³-hybridized carbons (Fsp3) is 0.0417. The number of benzene rings is 3. The molecular weight excluding hydrogens is 350 g/mol. The minimum Gasteiger partial charge on any atom is -0.508 e. The SMILES string of the molecule is Oc1ccc(Cc2cc(-c3ccccc3)c3c(n2)oc2cc(O)ccc23)cc1. The van der Waals surface area contributed by atoms with E-state index in [0.29, 0.717) is 17.7 Å². The number of phenols is 2. The summed E-state index contributed by atoms with van der Waals surface area (Å²) < 4.78 is 5.98. The molecule has 2 N–H and O–H groups in total. The summed E-state index contributed by atoms with van der Waals surface area (Å²) in [6.07, 6.45) is 0.623. The van der Waals surface area contributed by atoms with E-state index in [1.807, 2.05) is 36.4 Å². The van der Waals surface area contributed by atoms with E-state index < -0.39 is 0 Å². The van der Waals surface area contributed by atoms with Gasteiger partial charge in [0, 0.05) is 23.6 Å². The Kier molecular flexibility index (Phi) is 3.76. The second kappa shape index (κ2) is 6.43. The van der Waals surface area contributed by atoms with E-state index in [1.54, 1.807) is 24.3 Å². The highest BCUT2D eigenvalue weighted by molar-refractivity contribution is 6.11. The van der Waals surface area contributed by atoms with E-state index >= 15 is 0 Å². The van der Waals surface area contributed by atoms with Gasteiger partial charge in [0.2, 0.25) is 5.71 Å². The van der Waals surface area contributed by atoms with Crippen LogP contribution >= 0.6 is 0 Å². The second-order valence-corrected chi connectivity index (χ2v) is 6.83. The van der Waals surface area contributed by atoms with E-state index in [9.17, 15) is 10.2 Å². The van der Waals surface area contributed by atoms with E-state index in [2.05, 4.69) is 18.2 Å². The van der Waals surface area contributed by atoms with E-state index in [0.717, 1.165) is 33.2 Å². The Morgan fingerprint density at radius 1 is 0.786 bits per heavy atom. The first-order valence-electron chi connectivity index (χ1n) is 9.06. The van der Waals surface area contributed by atoms with Crippen molar-refractivity contribution in [1.82, 2.24) is 4.98 Å². The molecular formula is C24H17NO3. The minimum atomic E-state index is 0.164. The molecule has 0 amide bonds. The van der Waals surface area contributed by atoms with Crippen LogP contribution < -0.4 is 0 Å². The number of pyridine rings is 1. The number of furan rings is 1.